The molecule has 116 valence electrons. The molecule has 1 aromatic heterocycles. The standard InChI is InChI=1S/C15H23N3O3/c1-10(2)8-18-11(3)13(7-16-18)14(19)17-6-4-5-12(9-17)15(20)21/h7,10,12H,4-6,8-9H2,1-3H3,(H,20,21)/t12-/m0/s1. The van der Waals surface area contributed by atoms with Crippen molar-refractivity contribution in [1.82, 2.24) is 14.7 Å². The summed E-state index contributed by atoms with van der Waals surface area (Å²) in [5.41, 5.74) is 1.44. The maximum absolute atomic E-state index is 12.6. The lowest BCUT2D eigenvalue weighted by molar-refractivity contribution is -0.143. The fourth-order valence-corrected chi connectivity index (χ4v) is 2.72. The monoisotopic (exact) mass is 293 g/mol. The molecular formula is C15H23N3O3. The van der Waals surface area contributed by atoms with Gasteiger partial charge in [-0.25, -0.2) is 0 Å². The van der Waals surface area contributed by atoms with Gasteiger partial charge in [0.1, 0.15) is 0 Å². The van der Waals surface area contributed by atoms with Gasteiger partial charge in [0.05, 0.1) is 17.7 Å². The van der Waals surface area contributed by atoms with Crippen molar-refractivity contribution in [2.45, 2.75) is 40.2 Å². The minimum Gasteiger partial charge on any atom is -0.481 e. The summed E-state index contributed by atoms with van der Waals surface area (Å²) < 4.78 is 1.84. The number of hydrogen-bond donors (Lipinski definition) is 1. The number of aromatic nitrogens is 2. The third-order valence-corrected chi connectivity index (χ3v) is 3.93. The molecule has 21 heavy (non-hydrogen) atoms. The summed E-state index contributed by atoms with van der Waals surface area (Å²) in [4.78, 5) is 25.3. The Morgan fingerprint density at radius 3 is 2.81 bits per heavy atom. The van der Waals surface area contributed by atoms with E-state index < -0.39 is 11.9 Å². The topological polar surface area (TPSA) is 75.4 Å². The van der Waals surface area contributed by atoms with E-state index in [1.165, 1.54) is 0 Å². The lowest BCUT2D eigenvalue weighted by Gasteiger charge is -2.30. The predicted octanol–water partition coefficient (Wildman–Crippen LogP) is 1.78. The first-order valence-electron chi connectivity index (χ1n) is 7.44. The Balaban J connectivity index is 2.13. The van der Waals surface area contributed by atoms with Gasteiger partial charge in [-0.3, -0.25) is 14.3 Å². The molecule has 0 radical (unpaired) electrons. The molecule has 0 spiro atoms. The van der Waals surface area contributed by atoms with Gasteiger partial charge in [-0.2, -0.15) is 5.10 Å². The number of nitrogens with zero attached hydrogens (tertiary/aromatic N) is 3. The normalized spacial score (nSPS) is 19.0. The molecule has 1 aliphatic heterocycles. The van der Waals surface area contributed by atoms with Crippen molar-refractivity contribution >= 4 is 11.9 Å². The number of carboxylic acid groups (broad SMARTS) is 1. The van der Waals surface area contributed by atoms with Crippen LogP contribution in [-0.2, 0) is 11.3 Å². The first-order valence-corrected chi connectivity index (χ1v) is 7.44. The van der Waals surface area contributed by atoms with Crippen LogP contribution in [0.3, 0.4) is 0 Å². The second-order valence-corrected chi connectivity index (χ2v) is 6.15. The number of likely N-dealkylation sites (tertiary alicyclic amines) is 1. The molecule has 0 aliphatic carbocycles. The molecule has 0 unspecified atom stereocenters. The van der Waals surface area contributed by atoms with Crippen molar-refractivity contribution in [3.05, 3.63) is 17.5 Å². The zero-order valence-corrected chi connectivity index (χ0v) is 12.9. The van der Waals surface area contributed by atoms with E-state index in [2.05, 4.69) is 18.9 Å². The second kappa shape index (κ2) is 6.28. The minimum atomic E-state index is -0.820. The molecular weight excluding hydrogens is 270 g/mol. The van der Waals surface area contributed by atoms with Gasteiger partial charge in [-0.15, -0.1) is 0 Å². The largest absolute Gasteiger partial charge is 0.481 e. The molecule has 1 fully saturated rings. The lowest BCUT2D eigenvalue weighted by atomic mass is 9.98. The molecule has 2 rings (SSSR count). The molecule has 6 heteroatoms. The number of carboxylic acids is 1. The second-order valence-electron chi connectivity index (χ2n) is 6.15. The molecule has 0 bridgehead atoms. The number of aliphatic carboxylic acids is 1. The Morgan fingerprint density at radius 1 is 1.48 bits per heavy atom. The van der Waals surface area contributed by atoms with Crippen LogP contribution in [0.1, 0.15) is 42.7 Å². The van der Waals surface area contributed by atoms with Crippen molar-refractivity contribution in [1.29, 1.82) is 0 Å². The van der Waals surface area contributed by atoms with Gasteiger partial charge in [-0.05, 0) is 25.7 Å². The van der Waals surface area contributed by atoms with Gasteiger partial charge < -0.3 is 10.0 Å². The summed E-state index contributed by atoms with van der Waals surface area (Å²) in [6.07, 6.45) is 2.98. The minimum absolute atomic E-state index is 0.103. The predicted molar refractivity (Wildman–Crippen MR) is 78.1 cm³/mol. The van der Waals surface area contributed by atoms with Gasteiger partial charge >= 0.3 is 5.97 Å². The summed E-state index contributed by atoms with van der Waals surface area (Å²) in [5.74, 6) is -0.917. The zero-order chi connectivity index (χ0) is 15.6. The van der Waals surface area contributed by atoms with E-state index in [0.29, 0.717) is 31.0 Å². The molecule has 1 atom stereocenters. The van der Waals surface area contributed by atoms with E-state index >= 15 is 0 Å². The molecule has 6 nitrogen and oxygen atoms in total. The van der Waals surface area contributed by atoms with Crippen LogP contribution in [0, 0.1) is 18.8 Å². The van der Waals surface area contributed by atoms with Gasteiger partial charge in [0.25, 0.3) is 5.91 Å². The zero-order valence-electron chi connectivity index (χ0n) is 12.9. The van der Waals surface area contributed by atoms with Crippen LogP contribution in [0.15, 0.2) is 6.20 Å². The Hall–Kier alpha value is -1.85. The fraction of sp³-hybridized carbons (Fsp3) is 0.667. The Morgan fingerprint density at radius 2 is 2.19 bits per heavy atom. The SMILES string of the molecule is Cc1c(C(=O)N2CCC[C@H](C(=O)O)C2)cnn1CC(C)C. The van der Waals surface area contributed by atoms with Crippen LogP contribution in [0.2, 0.25) is 0 Å². The van der Waals surface area contributed by atoms with E-state index in [0.717, 1.165) is 18.7 Å². The molecule has 1 amide bonds. The highest BCUT2D eigenvalue weighted by atomic mass is 16.4. The molecule has 1 aliphatic rings. The van der Waals surface area contributed by atoms with Crippen molar-refractivity contribution < 1.29 is 14.7 Å². The maximum Gasteiger partial charge on any atom is 0.308 e. The molecule has 1 saturated heterocycles. The molecule has 2 heterocycles. The van der Waals surface area contributed by atoms with Gasteiger partial charge in [0.15, 0.2) is 0 Å². The van der Waals surface area contributed by atoms with E-state index in [9.17, 15) is 9.59 Å². The van der Waals surface area contributed by atoms with Crippen LogP contribution < -0.4 is 0 Å². The number of rotatable bonds is 4. The van der Waals surface area contributed by atoms with Crippen LogP contribution in [-0.4, -0.2) is 44.8 Å². The number of carbonyl (C=O) groups is 2. The van der Waals surface area contributed by atoms with E-state index in [1.807, 2.05) is 11.6 Å². The summed E-state index contributed by atoms with van der Waals surface area (Å²) in [6.45, 7) is 7.79. The van der Waals surface area contributed by atoms with Crippen LogP contribution in [0.5, 0.6) is 0 Å². The highest BCUT2D eigenvalue weighted by Crippen LogP contribution is 2.20. The molecule has 1 N–H and O–H groups in total. The Kier molecular flexibility index (Phi) is 4.65. The average Bonchev–Trinajstić information content (AvgIpc) is 2.79. The van der Waals surface area contributed by atoms with Crippen molar-refractivity contribution in [3.8, 4) is 0 Å². The van der Waals surface area contributed by atoms with Crippen LogP contribution in [0.25, 0.3) is 0 Å². The van der Waals surface area contributed by atoms with E-state index in [-0.39, 0.29) is 5.91 Å². The van der Waals surface area contributed by atoms with Gasteiger partial charge in [-0.1, -0.05) is 13.8 Å². The summed E-state index contributed by atoms with van der Waals surface area (Å²) in [7, 11) is 0. The third kappa shape index (κ3) is 3.43. The smallest absolute Gasteiger partial charge is 0.308 e. The van der Waals surface area contributed by atoms with Crippen molar-refractivity contribution in [3.63, 3.8) is 0 Å². The molecule has 0 saturated carbocycles. The molecule has 0 aromatic carbocycles. The average molecular weight is 293 g/mol. The first-order chi connectivity index (χ1) is 9.90. The number of amides is 1. The number of piperidine rings is 1. The lowest BCUT2D eigenvalue weighted by Crippen LogP contribution is -2.42. The van der Waals surface area contributed by atoms with Gasteiger partial charge in [0.2, 0.25) is 0 Å². The highest BCUT2D eigenvalue weighted by Gasteiger charge is 2.30. The third-order valence-electron chi connectivity index (χ3n) is 3.93. The van der Waals surface area contributed by atoms with E-state index in [4.69, 9.17) is 5.11 Å². The Bertz CT molecular complexity index is 536. The molecule has 1 aromatic rings. The fourth-order valence-electron chi connectivity index (χ4n) is 2.72. The first kappa shape index (κ1) is 15.5. The highest BCUT2D eigenvalue weighted by molar-refractivity contribution is 5.95. The summed E-state index contributed by atoms with van der Waals surface area (Å²) >= 11 is 0. The van der Waals surface area contributed by atoms with E-state index in [1.54, 1.807) is 11.1 Å². The Labute approximate surface area is 124 Å². The quantitative estimate of drug-likeness (QED) is 0.918. The summed E-state index contributed by atoms with van der Waals surface area (Å²) in [6, 6.07) is 0. The van der Waals surface area contributed by atoms with Crippen LogP contribution in [0.4, 0.5) is 0 Å². The van der Waals surface area contributed by atoms with Crippen LogP contribution >= 0.6 is 0 Å². The summed E-state index contributed by atoms with van der Waals surface area (Å²) in [5, 5.41) is 13.4. The van der Waals surface area contributed by atoms with Gasteiger partial charge in [0, 0.05) is 25.3 Å². The van der Waals surface area contributed by atoms with Crippen molar-refractivity contribution in [2.75, 3.05) is 13.1 Å². The van der Waals surface area contributed by atoms with Crippen molar-refractivity contribution in [2.24, 2.45) is 11.8 Å². The number of carbonyl (C=O) groups excluding carboxylic acids is 1. The maximum atomic E-state index is 12.6. The number of hydrogen-bond acceptors (Lipinski definition) is 3.